The van der Waals surface area contributed by atoms with Crippen LogP contribution in [0, 0.1) is 0 Å². The van der Waals surface area contributed by atoms with Crippen molar-refractivity contribution in [3.05, 3.63) is 85.1 Å². The Morgan fingerprint density at radius 3 is 1.35 bits per heavy atom. The number of allylic oxidation sites excluding steroid dienone is 13. The number of nitrogens with one attached hydrogen (secondary N) is 1. The van der Waals surface area contributed by atoms with Gasteiger partial charge in [-0.3, -0.25) is 4.79 Å². The molecule has 1 fully saturated rings. The molecule has 6 N–H and O–H groups in total. The second kappa shape index (κ2) is 48.0. The smallest absolute Gasteiger partial charge is 0.220 e. The molecule has 1 aliphatic heterocycles. The number of aliphatic hydroxyl groups is 5. The average Bonchev–Trinajstić information content (AvgIpc) is 3.34. The molecule has 0 radical (unpaired) electrons. The first-order valence-corrected chi connectivity index (χ1v) is 27.8. The van der Waals surface area contributed by atoms with Gasteiger partial charge in [-0.15, -0.1) is 0 Å². The molecule has 68 heavy (non-hydrogen) atoms. The minimum Gasteiger partial charge on any atom is -0.394 e. The molecule has 1 heterocycles. The summed E-state index contributed by atoms with van der Waals surface area (Å²) in [6.45, 7) is 3.65. The van der Waals surface area contributed by atoms with Gasteiger partial charge in [-0.2, -0.15) is 0 Å². The van der Waals surface area contributed by atoms with Gasteiger partial charge in [0.1, 0.15) is 24.4 Å². The van der Waals surface area contributed by atoms with E-state index in [2.05, 4.69) is 92.1 Å². The monoisotopic (exact) mass is 954 g/mol. The van der Waals surface area contributed by atoms with Crippen molar-refractivity contribution in [2.75, 3.05) is 13.2 Å². The van der Waals surface area contributed by atoms with E-state index in [0.717, 1.165) is 77.0 Å². The van der Waals surface area contributed by atoms with Gasteiger partial charge in [0.05, 0.1) is 25.4 Å². The lowest BCUT2D eigenvalue weighted by Gasteiger charge is -2.40. The maximum atomic E-state index is 13.0. The highest BCUT2D eigenvalue weighted by Gasteiger charge is 2.44. The van der Waals surface area contributed by atoms with Crippen molar-refractivity contribution in [3.63, 3.8) is 0 Å². The molecular weight excluding hydrogens is 851 g/mol. The Bertz CT molecular complexity index is 1340. The maximum absolute atomic E-state index is 13.0. The van der Waals surface area contributed by atoms with Crippen LogP contribution in [0.25, 0.3) is 0 Å². The van der Waals surface area contributed by atoms with Crippen LogP contribution in [0.2, 0.25) is 0 Å². The summed E-state index contributed by atoms with van der Waals surface area (Å²) in [6, 6.07) is -0.808. The Balaban J connectivity index is 2.15. The molecule has 392 valence electrons. The fourth-order valence-corrected chi connectivity index (χ4v) is 8.34. The van der Waals surface area contributed by atoms with Crippen molar-refractivity contribution in [3.8, 4) is 0 Å². The molecule has 0 aliphatic carbocycles. The van der Waals surface area contributed by atoms with Gasteiger partial charge in [0.25, 0.3) is 0 Å². The van der Waals surface area contributed by atoms with Crippen molar-refractivity contribution >= 4 is 5.91 Å². The highest BCUT2D eigenvalue weighted by Crippen LogP contribution is 2.23. The lowest BCUT2D eigenvalue weighted by atomic mass is 9.99. The van der Waals surface area contributed by atoms with Gasteiger partial charge in [0, 0.05) is 6.42 Å². The van der Waals surface area contributed by atoms with Crippen molar-refractivity contribution in [1.82, 2.24) is 5.32 Å². The molecule has 0 bridgehead atoms. The summed E-state index contributed by atoms with van der Waals surface area (Å²) >= 11 is 0. The third-order valence-corrected chi connectivity index (χ3v) is 12.7. The summed E-state index contributed by atoms with van der Waals surface area (Å²) in [5, 5.41) is 54.3. The minimum absolute atomic E-state index is 0.181. The molecule has 0 aromatic carbocycles. The average molecular weight is 954 g/mol. The van der Waals surface area contributed by atoms with Gasteiger partial charge in [-0.05, 0) is 70.6 Å². The lowest BCUT2D eigenvalue weighted by Crippen LogP contribution is -2.60. The SMILES string of the molecule is CC/C=C\C/C=C\C/C=C\C/C=C\C/C=C\C/C=C\CCCCCCCCCCCCCCCCC(=O)NC(COC1OC(CO)C(O)C(O)C1O)C(O)/C=C/CCCCCCCCCCCC. The number of amides is 1. The first-order chi connectivity index (χ1) is 33.3. The molecule has 0 aromatic rings. The van der Waals surface area contributed by atoms with Crippen LogP contribution in [0.3, 0.4) is 0 Å². The van der Waals surface area contributed by atoms with Crippen LogP contribution in [0.5, 0.6) is 0 Å². The van der Waals surface area contributed by atoms with Gasteiger partial charge in [-0.25, -0.2) is 0 Å². The Labute approximate surface area is 416 Å². The number of ether oxygens (including phenoxy) is 2. The van der Waals surface area contributed by atoms with E-state index < -0.39 is 49.5 Å². The third-order valence-electron chi connectivity index (χ3n) is 12.7. The molecule has 0 aromatic heterocycles. The molecule has 7 atom stereocenters. The Morgan fingerprint density at radius 1 is 0.515 bits per heavy atom. The maximum Gasteiger partial charge on any atom is 0.220 e. The summed E-state index contributed by atoms with van der Waals surface area (Å²) < 4.78 is 11.2. The van der Waals surface area contributed by atoms with Crippen LogP contribution in [0.15, 0.2) is 85.1 Å². The second-order valence-corrected chi connectivity index (χ2v) is 19.0. The number of unbranched alkanes of at least 4 members (excludes halogenated alkanes) is 24. The fourth-order valence-electron chi connectivity index (χ4n) is 8.34. The van der Waals surface area contributed by atoms with Gasteiger partial charge >= 0.3 is 0 Å². The van der Waals surface area contributed by atoms with Gasteiger partial charge in [0.15, 0.2) is 6.29 Å². The quantitative estimate of drug-likeness (QED) is 0.0261. The molecule has 1 saturated heterocycles. The Hall–Kier alpha value is -2.63. The van der Waals surface area contributed by atoms with E-state index in [9.17, 15) is 30.3 Å². The number of rotatable bonds is 46. The van der Waals surface area contributed by atoms with E-state index in [4.69, 9.17) is 9.47 Å². The largest absolute Gasteiger partial charge is 0.394 e. The second-order valence-electron chi connectivity index (χ2n) is 19.0. The first-order valence-electron chi connectivity index (χ1n) is 27.8. The first kappa shape index (κ1) is 63.4. The highest BCUT2D eigenvalue weighted by atomic mass is 16.7. The fraction of sp³-hybridized carbons (Fsp3) is 0.746. The molecule has 9 nitrogen and oxygen atoms in total. The molecule has 0 spiro atoms. The van der Waals surface area contributed by atoms with Crippen molar-refractivity contribution < 1.29 is 39.8 Å². The van der Waals surface area contributed by atoms with Crippen LogP contribution in [-0.2, 0) is 14.3 Å². The summed E-state index contributed by atoms with van der Waals surface area (Å²) in [5.74, 6) is -0.181. The standard InChI is InChI=1S/C59H103NO8/c1-3-5-7-9-11-13-15-17-18-19-20-21-22-23-24-25-26-27-28-29-30-31-32-33-34-35-36-37-39-41-43-45-47-49-55(63)60-52(51-67-59-58(66)57(65)56(64)54(50-61)68-59)53(62)48-46-44-42-40-38-16-14-12-10-8-6-4-2/h5,7,11,13,17-18,20-21,23-24,26-27,46,48,52-54,56-59,61-62,64-66H,3-4,6,8-10,12,14-16,19,22,25,28-45,47,49-51H2,1-2H3,(H,60,63)/b7-5-,13-11-,18-17-,21-20-,24-23-,27-26-,48-46+. The summed E-state index contributed by atoms with van der Waals surface area (Å²) in [5.41, 5.74) is 0. The number of hydrogen-bond acceptors (Lipinski definition) is 8. The van der Waals surface area contributed by atoms with E-state index in [1.165, 1.54) is 128 Å². The number of carbonyl (C=O) groups is 1. The van der Waals surface area contributed by atoms with Gasteiger partial charge < -0.3 is 40.3 Å². The van der Waals surface area contributed by atoms with E-state index in [1.807, 2.05) is 6.08 Å². The number of carbonyl (C=O) groups excluding carboxylic acids is 1. The van der Waals surface area contributed by atoms with E-state index in [0.29, 0.717) is 6.42 Å². The highest BCUT2D eigenvalue weighted by molar-refractivity contribution is 5.76. The summed E-state index contributed by atoms with van der Waals surface area (Å²) in [7, 11) is 0. The van der Waals surface area contributed by atoms with Crippen molar-refractivity contribution in [1.29, 1.82) is 0 Å². The van der Waals surface area contributed by atoms with Crippen molar-refractivity contribution in [2.45, 2.75) is 269 Å². The predicted molar refractivity (Wildman–Crippen MR) is 285 cm³/mol. The summed E-state index contributed by atoms with van der Waals surface area (Å²) in [6.07, 6.45) is 60.8. The molecule has 1 amide bonds. The van der Waals surface area contributed by atoms with Crippen molar-refractivity contribution in [2.24, 2.45) is 0 Å². The minimum atomic E-state index is -1.57. The molecule has 0 saturated carbocycles. The molecule has 1 aliphatic rings. The topological polar surface area (TPSA) is 149 Å². The summed E-state index contributed by atoms with van der Waals surface area (Å²) in [4.78, 5) is 13.0. The molecular formula is C59H103NO8. The van der Waals surface area contributed by atoms with E-state index in [1.54, 1.807) is 6.08 Å². The van der Waals surface area contributed by atoms with Crippen LogP contribution in [0.4, 0.5) is 0 Å². The van der Waals surface area contributed by atoms with Gasteiger partial charge in [-0.1, -0.05) is 234 Å². The Morgan fingerprint density at radius 2 is 0.912 bits per heavy atom. The van der Waals surface area contributed by atoms with Crippen LogP contribution in [-0.4, -0.2) is 87.5 Å². The zero-order valence-corrected chi connectivity index (χ0v) is 43.3. The van der Waals surface area contributed by atoms with Gasteiger partial charge in [0.2, 0.25) is 5.91 Å². The zero-order chi connectivity index (χ0) is 49.4. The number of hydrogen-bond donors (Lipinski definition) is 6. The van der Waals surface area contributed by atoms with Crippen LogP contribution >= 0.6 is 0 Å². The van der Waals surface area contributed by atoms with Crippen LogP contribution < -0.4 is 5.32 Å². The predicted octanol–water partition coefficient (Wildman–Crippen LogP) is 13.5. The zero-order valence-electron chi connectivity index (χ0n) is 43.3. The van der Waals surface area contributed by atoms with E-state index in [-0.39, 0.29) is 12.5 Å². The normalized spacial score (nSPS) is 20.2. The van der Waals surface area contributed by atoms with E-state index >= 15 is 0 Å². The Kier molecular flexibility index (Phi) is 44.8. The van der Waals surface area contributed by atoms with Crippen LogP contribution in [0.1, 0.15) is 226 Å². The molecule has 1 rings (SSSR count). The lowest BCUT2D eigenvalue weighted by molar-refractivity contribution is -0.302. The number of aliphatic hydroxyl groups excluding tert-OH is 5. The molecule has 7 unspecified atom stereocenters. The third kappa shape index (κ3) is 37.2. The molecule has 9 heteroatoms.